The van der Waals surface area contributed by atoms with Gasteiger partial charge in [-0.3, -0.25) is 0 Å². The van der Waals surface area contributed by atoms with Crippen molar-refractivity contribution in [2.45, 2.75) is 18.9 Å². The number of aromatic nitrogens is 1. The Balaban J connectivity index is 1.98. The van der Waals surface area contributed by atoms with Crippen molar-refractivity contribution in [2.24, 2.45) is 0 Å². The Kier molecular flexibility index (Phi) is 2.77. The number of carbonyl (C=O) groups is 1. The van der Waals surface area contributed by atoms with Gasteiger partial charge in [0.1, 0.15) is 5.15 Å². The Morgan fingerprint density at radius 1 is 1.67 bits per heavy atom. The maximum absolute atomic E-state index is 11.7. The zero-order valence-corrected chi connectivity index (χ0v) is 9.16. The van der Waals surface area contributed by atoms with Gasteiger partial charge in [0.2, 0.25) is 0 Å². The van der Waals surface area contributed by atoms with Crippen molar-refractivity contribution in [3.05, 3.63) is 23.5 Å². The molecule has 0 unspecified atom stereocenters. The number of urea groups is 1. The van der Waals surface area contributed by atoms with Gasteiger partial charge in [0.25, 0.3) is 0 Å². The molecule has 0 radical (unpaired) electrons. The van der Waals surface area contributed by atoms with Crippen LogP contribution in [0, 0.1) is 0 Å². The van der Waals surface area contributed by atoms with E-state index in [9.17, 15) is 4.79 Å². The number of rotatable bonds is 2. The number of nitrogens with zero attached hydrogens (tertiary/aromatic N) is 2. The first-order valence-corrected chi connectivity index (χ1v) is 5.20. The molecule has 2 rings (SSSR count). The van der Waals surface area contributed by atoms with Crippen molar-refractivity contribution < 1.29 is 4.79 Å². The Morgan fingerprint density at radius 2 is 2.40 bits per heavy atom. The van der Waals surface area contributed by atoms with Crippen LogP contribution in [0.5, 0.6) is 0 Å². The van der Waals surface area contributed by atoms with Crippen molar-refractivity contribution in [3.8, 4) is 0 Å². The second-order valence-electron chi connectivity index (χ2n) is 3.64. The molecule has 1 aromatic heterocycles. The fourth-order valence-corrected chi connectivity index (χ4v) is 1.49. The average molecular weight is 226 g/mol. The maximum Gasteiger partial charge on any atom is 0.321 e. The average Bonchev–Trinajstić information content (AvgIpc) is 2.99. The van der Waals surface area contributed by atoms with Gasteiger partial charge in [-0.2, -0.15) is 0 Å². The predicted octanol–water partition coefficient (Wildman–Crippen LogP) is 2.36. The Morgan fingerprint density at radius 3 is 3.00 bits per heavy atom. The first-order chi connectivity index (χ1) is 7.16. The van der Waals surface area contributed by atoms with E-state index in [0.717, 1.165) is 12.8 Å². The minimum atomic E-state index is -0.0974. The van der Waals surface area contributed by atoms with E-state index in [1.54, 1.807) is 30.3 Å². The molecular weight excluding hydrogens is 214 g/mol. The molecule has 1 fully saturated rings. The second kappa shape index (κ2) is 4.06. The standard InChI is InChI=1S/C10H12ClN3O/c1-14(8-2-3-8)10(15)13-7-4-5-12-9(11)6-7/h4-6,8H,2-3H2,1H3,(H,12,13,15). The van der Waals surface area contributed by atoms with Crippen molar-refractivity contribution in [2.75, 3.05) is 12.4 Å². The molecule has 1 aromatic rings. The van der Waals surface area contributed by atoms with Crippen LogP contribution in [0.25, 0.3) is 0 Å². The van der Waals surface area contributed by atoms with Crippen LogP contribution in [0.3, 0.4) is 0 Å². The third kappa shape index (κ3) is 2.59. The molecule has 5 heteroatoms. The number of amides is 2. The van der Waals surface area contributed by atoms with Crippen LogP contribution in [0.1, 0.15) is 12.8 Å². The first kappa shape index (κ1) is 10.2. The SMILES string of the molecule is CN(C(=O)Nc1ccnc(Cl)c1)C1CC1. The van der Waals surface area contributed by atoms with Gasteiger partial charge in [0.15, 0.2) is 0 Å². The van der Waals surface area contributed by atoms with Crippen LogP contribution >= 0.6 is 11.6 Å². The van der Waals surface area contributed by atoms with Crippen molar-refractivity contribution in [1.82, 2.24) is 9.88 Å². The summed E-state index contributed by atoms with van der Waals surface area (Å²) < 4.78 is 0. The van der Waals surface area contributed by atoms with E-state index < -0.39 is 0 Å². The van der Waals surface area contributed by atoms with Crippen LogP contribution in [-0.4, -0.2) is 29.0 Å². The van der Waals surface area contributed by atoms with Gasteiger partial charge in [-0.1, -0.05) is 11.6 Å². The molecule has 4 nitrogen and oxygen atoms in total. The molecule has 80 valence electrons. The molecule has 0 aliphatic heterocycles. The lowest BCUT2D eigenvalue weighted by Crippen LogP contribution is -2.33. The number of nitrogens with one attached hydrogen (secondary N) is 1. The Bertz CT molecular complexity index is 379. The van der Waals surface area contributed by atoms with Crippen LogP contribution in [0.15, 0.2) is 18.3 Å². The maximum atomic E-state index is 11.7. The fraction of sp³-hybridized carbons (Fsp3) is 0.400. The largest absolute Gasteiger partial charge is 0.325 e. The first-order valence-electron chi connectivity index (χ1n) is 4.82. The number of halogens is 1. The lowest BCUT2D eigenvalue weighted by molar-refractivity contribution is 0.220. The highest BCUT2D eigenvalue weighted by molar-refractivity contribution is 6.29. The second-order valence-corrected chi connectivity index (χ2v) is 4.03. The molecule has 1 saturated carbocycles. The fourth-order valence-electron chi connectivity index (χ4n) is 1.32. The number of hydrogen-bond donors (Lipinski definition) is 1. The summed E-state index contributed by atoms with van der Waals surface area (Å²) in [6.07, 6.45) is 3.76. The van der Waals surface area contributed by atoms with Crippen LogP contribution in [-0.2, 0) is 0 Å². The molecule has 0 atom stereocenters. The van der Waals surface area contributed by atoms with Crippen molar-refractivity contribution in [1.29, 1.82) is 0 Å². The summed E-state index contributed by atoms with van der Waals surface area (Å²) in [5.74, 6) is 0. The summed E-state index contributed by atoms with van der Waals surface area (Å²) in [6, 6.07) is 3.65. The molecule has 0 spiro atoms. The minimum absolute atomic E-state index is 0.0974. The zero-order chi connectivity index (χ0) is 10.8. The Hall–Kier alpha value is -1.29. The summed E-state index contributed by atoms with van der Waals surface area (Å²) in [5.41, 5.74) is 0.674. The quantitative estimate of drug-likeness (QED) is 0.786. The summed E-state index contributed by atoms with van der Waals surface area (Å²) in [4.78, 5) is 17.2. The van der Waals surface area contributed by atoms with Crippen LogP contribution in [0.2, 0.25) is 5.15 Å². The van der Waals surface area contributed by atoms with Gasteiger partial charge in [0.05, 0.1) is 0 Å². The van der Waals surface area contributed by atoms with E-state index in [-0.39, 0.29) is 6.03 Å². The van der Waals surface area contributed by atoms with Crippen molar-refractivity contribution in [3.63, 3.8) is 0 Å². The van der Waals surface area contributed by atoms with E-state index >= 15 is 0 Å². The summed E-state index contributed by atoms with van der Waals surface area (Å²) >= 11 is 5.71. The van der Waals surface area contributed by atoms with Crippen LogP contribution in [0.4, 0.5) is 10.5 Å². The van der Waals surface area contributed by atoms with E-state index in [1.165, 1.54) is 0 Å². The monoisotopic (exact) mass is 225 g/mol. The third-order valence-corrected chi connectivity index (χ3v) is 2.60. The highest BCUT2D eigenvalue weighted by Crippen LogP contribution is 2.25. The van der Waals surface area contributed by atoms with E-state index in [4.69, 9.17) is 11.6 Å². The molecule has 1 N–H and O–H groups in total. The predicted molar refractivity (Wildman–Crippen MR) is 59.1 cm³/mol. The number of carbonyl (C=O) groups excluding carboxylic acids is 1. The van der Waals surface area contributed by atoms with E-state index in [1.807, 2.05) is 0 Å². The van der Waals surface area contributed by atoms with E-state index in [2.05, 4.69) is 10.3 Å². The number of pyridine rings is 1. The highest BCUT2D eigenvalue weighted by Gasteiger charge is 2.29. The number of hydrogen-bond acceptors (Lipinski definition) is 2. The summed E-state index contributed by atoms with van der Waals surface area (Å²) in [6.45, 7) is 0. The molecule has 0 aromatic carbocycles. The smallest absolute Gasteiger partial charge is 0.321 e. The van der Waals surface area contributed by atoms with Crippen LogP contribution < -0.4 is 5.32 Å². The van der Waals surface area contributed by atoms with Crippen molar-refractivity contribution >= 4 is 23.3 Å². The minimum Gasteiger partial charge on any atom is -0.325 e. The summed E-state index contributed by atoms with van der Waals surface area (Å²) in [7, 11) is 1.80. The highest BCUT2D eigenvalue weighted by atomic mass is 35.5. The lowest BCUT2D eigenvalue weighted by atomic mass is 10.4. The van der Waals surface area contributed by atoms with Gasteiger partial charge in [-0.05, 0) is 25.0 Å². The number of anilines is 1. The molecular formula is C10H12ClN3O. The molecule has 2 amide bonds. The molecule has 1 aliphatic rings. The molecule has 15 heavy (non-hydrogen) atoms. The molecule has 1 heterocycles. The van der Waals surface area contributed by atoms with Gasteiger partial charge >= 0.3 is 6.03 Å². The third-order valence-electron chi connectivity index (χ3n) is 2.39. The normalized spacial score (nSPS) is 14.8. The van der Waals surface area contributed by atoms with Gasteiger partial charge < -0.3 is 10.2 Å². The zero-order valence-electron chi connectivity index (χ0n) is 8.40. The topological polar surface area (TPSA) is 45.2 Å². The van der Waals surface area contributed by atoms with Gasteiger partial charge in [-0.25, -0.2) is 9.78 Å². The molecule has 1 aliphatic carbocycles. The van der Waals surface area contributed by atoms with Gasteiger partial charge in [-0.15, -0.1) is 0 Å². The van der Waals surface area contributed by atoms with E-state index in [0.29, 0.717) is 16.9 Å². The lowest BCUT2D eigenvalue weighted by Gasteiger charge is -2.16. The molecule has 0 saturated heterocycles. The van der Waals surface area contributed by atoms with Gasteiger partial charge in [0, 0.05) is 25.0 Å². The summed E-state index contributed by atoms with van der Waals surface area (Å²) in [5, 5.41) is 3.14. The molecule has 0 bridgehead atoms. The Labute approximate surface area is 93.2 Å².